The monoisotopic (exact) mass is 333 g/mol. The van der Waals surface area contributed by atoms with E-state index in [0.717, 1.165) is 9.75 Å². The minimum Gasteiger partial charge on any atom is -0.296 e. The second-order valence-electron chi connectivity index (χ2n) is 4.63. The molecule has 1 N–H and O–H groups in total. The average molecular weight is 333 g/mol. The van der Waals surface area contributed by atoms with E-state index in [2.05, 4.69) is 15.3 Å². The molecule has 112 valence electrons. The Morgan fingerprint density at radius 2 is 2.00 bits per heavy atom. The lowest BCUT2D eigenvalue weighted by Gasteiger charge is -1.99. The molecule has 2 heterocycles. The number of anilines is 1. The zero-order valence-corrected chi connectivity index (χ0v) is 13.5. The van der Waals surface area contributed by atoms with Gasteiger partial charge in [-0.2, -0.15) is 0 Å². The Morgan fingerprint density at radius 3 is 2.68 bits per heavy atom. The fraction of sp³-hybridized carbons (Fsp3) is 0.133. The minimum absolute atomic E-state index is 0.302. The quantitative estimate of drug-likeness (QED) is 0.778. The molecule has 0 saturated carbocycles. The van der Waals surface area contributed by atoms with E-state index in [-0.39, 0.29) is 11.7 Å². The molecule has 0 unspecified atom stereocenters. The molecule has 2 aromatic heterocycles. The Hall–Kier alpha value is -2.12. The number of aryl methyl sites for hydroxylation is 2. The molecule has 0 atom stereocenters. The number of halogens is 1. The van der Waals surface area contributed by atoms with Gasteiger partial charge in [0.25, 0.3) is 5.91 Å². The third kappa shape index (κ3) is 2.90. The molecule has 7 heteroatoms. The summed E-state index contributed by atoms with van der Waals surface area (Å²) in [6, 6.07) is 6.40. The van der Waals surface area contributed by atoms with E-state index >= 15 is 0 Å². The lowest BCUT2D eigenvalue weighted by Crippen LogP contribution is -2.13. The van der Waals surface area contributed by atoms with Crippen LogP contribution in [0, 0.1) is 19.7 Å². The first-order chi connectivity index (χ1) is 10.5. The van der Waals surface area contributed by atoms with Crippen LogP contribution in [0.4, 0.5) is 9.52 Å². The summed E-state index contributed by atoms with van der Waals surface area (Å²) in [4.78, 5) is 22.4. The number of hydrogen-bond acceptors (Lipinski definition) is 5. The maximum absolute atomic E-state index is 13.8. The Labute approximate surface area is 134 Å². The fourth-order valence-electron chi connectivity index (χ4n) is 1.93. The lowest BCUT2D eigenvalue weighted by atomic mass is 10.2. The number of aromatic nitrogens is 2. The number of hydrogen-bond donors (Lipinski definition) is 1. The molecular weight excluding hydrogens is 321 g/mol. The summed E-state index contributed by atoms with van der Waals surface area (Å²) in [7, 11) is 0. The summed E-state index contributed by atoms with van der Waals surface area (Å²) in [5.74, 6) is -0.676. The Bertz CT molecular complexity index is 841. The van der Waals surface area contributed by atoms with Crippen molar-refractivity contribution in [3.8, 4) is 10.6 Å². The van der Waals surface area contributed by atoms with Gasteiger partial charge in [0.1, 0.15) is 16.5 Å². The number of carbonyl (C=O) groups is 1. The van der Waals surface area contributed by atoms with Gasteiger partial charge < -0.3 is 0 Å². The van der Waals surface area contributed by atoms with Crippen molar-refractivity contribution in [2.24, 2.45) is 0 Å². The van der Waals surface area contributed by atoms with Gasteiger partial charge >= 0.3 is 0 Å². The highest BCUT2D eigenvalue weighted by atomic mass is 32.1. The lowest BCUT2D eigenvalue weighted by molar-refractivity contribution is 0.102. The number of rotatable bonds is 3. The molecule has 0 bridgehead atoms. The second kappa shape index (κ2) is 5.94. The Kier molecular flexibility index (Phi) is 4.00. The van der Waals surface area contributed by atoms with Crippen LogP contribution >= 0.6 is 22.7 Å². The summed E-state index contributed by atoms with van der Waals surface area (Å²) < 4.78 is 13.8. The largest absolute Gasteiger partial charge is 0.296 e. The van der Waals surface area contributed by atoms with Crippen molar-refractivity contribution in [3.05, 3.63) is 51.7 Å². The number of carbonyl (C=O) groups excluding carboxylic acids is 1. The first-order valence-corrected chi connectivity index (χ1v) is 8.14. The molecule has 3 aromatic rings. The number of benzene rings is 1. The van der Waals surface area contributed by atoms with Gasteiger partial charge in [0, 0.05) is 21.5 Å². The minimum atomic E-state index is -0.348. The van der Waals surface area contributed by atoms with Gasteiger partial charge in [-0.1, -0.05) is 12.1 Å². The molecular formula is C15H12FN3OS2. The number of amides is 1. The van der Waals surface area contributed by atoms with Gasteiger partial charge in [-0.05, 0) is 26.0 Å². The predicted octanol–water partition coefficient (Wildman–Crippen LogP) is 4.27. The first kappa shape index (κ1) is 14.8. The summed E-state index contributed by atoms with van der Waals surface area (Å²) >= 11 is 2.69. The first-order valence-electron chi connectivity index (χ1n) is 6.50. The third-order valence-corrected chi connectivity index (χ3v) is 4.79. The van der Waals surface area contributed by atoms with Crippen LogP contribution in [0.25, 0.3) is 10.6 Å². The van der Waals surface area contributed by atoms with E-state index in [0.29, 0.717) is 21.4 Å². The Balaban J connectivity index is 1.89. The van der Waals surface area contributed by atoms with Crippen LogP contribution in [0.15, 0.2) is 30.5 Å². The molecule has 0 aliphatic heterocycles. The number of thiazole rings is 2. The van der Waals surface area contributed by atoms with E-state index in [1.54, 1.807) is 31.3 Å². The van der Waals surface area contributed by atoms with Crippen molar-refractivity contribution in [1.29, 1.82) is 0 Å². The third-order valence-electron chi connectivity index (χ3n) is 2.96. The van der Waals surface area contributed by atoms with Crippen molar-refractivity contribution in [1.82, 2.24) is 9.97 Å². The topological polar surface area (TPSA) is 54.9 Å². The molecule has 0 fully saturated rings. The molecule has 0 saturated heterocycles. The van der Waals surface area contributed by atoms with Gasteiger partial charge in [-0.3, -0.25) is 10.1 Å². The zero-order chi connectivity index (χ0) is 15.7. The SMILES string of the molecule is Cc1cnc(NC(=O)c2nc(-c3ccccc3F)sc2C)s1. The number of nitrogens with zero attached hydrogens (tertiary/aromatic N) is 2. The Morgan fingerprint density at radius 1 is 1.23 bits per heavy atom. The van der Waals surface area contributed by atoms with E-state index in [1.807, 2.05) is 6.92 Å². The van der Waals surface area contributed by atoms with Gasteiger partial charge in [0.05, 0.1) is 0 Å². The predicted molar refractivity (Wildman–Crippen MR) is 87.0 cm³/mol. The van der Waals surface area contributed by atoms with E-state index in [9.17, 15) is 9.18 Å². The van der Waals surface area contributed by atoms with Gasteiger partial charge in [-0.15, -0.1) is 22.7 Å². The number of nitrogens with one attached hydrogen (secondary N) is 1. The molecule has 0 radical (unpaired) electrons. The average Bonchev–Trinajstić information content (AvgIpc) is 3.05. The van der Waals surface area contributed by atoms with Gasteiger partial charge in [0.2, 0.25) is 0 Å². The van der Waals surface area contributed by atoms with Crippen LogP contribution < -0.4 is 5.32 Å². The highest BCUT2D eigenvalue weighted by Crippen LogP contribution is 2.30. The summed E-state index contributed by atoms with van der Waals surface area (Å²) in [5, 5.41) is 3.74. The zero-order valence-electron chi connectivity index (χ0n) is 11.9. The molecule has 22 heavy (non-hydrogen) atoms. The molecule has 1 amide bonds. The molecule has 4 nitrogen and oxygen atoms in total. The van der Waals surface area contributed by atoms with Crippen molar-refractivity contribution in [2.45, 2.75) is 13.8 Å². The second-order valence-corrected chi connectivity index (χ2v) is 7.07. The van der Waals surface area contributed by atoms with Crippen LogP contribution in [0.3, 0.4) is 0 Å². The molecule has 3 rings (SSSR count). The maximum Gasteiger partial charge on any atom is 0.277 e. The molecule has 0 aliphatic rings. The van der Waals surface area contributed by atoms with E-state index < -0.39 is 0 Å². The summed E-state index contributed by atoms with van der Waals surface area (Å²) in [6.07, 6.45) is 1.69. The van der Waals surface area contributed by atoms with Crippen LogP contribution in [0.2, 0.25) is 0 Å². The summed E-state index contributed by atoms with van der Waals surface area (Å²) in [5.41, 5.74) is 0.704. The van der Waals surface area contributed by atoms with Crippen LogP contribution in [-0.4, -0.2) is 15.9 Å². The standard InChI is InChI=1S/C15H12FN3OS2/c1-8-7-17-15(21-8)19-13(20)12-9(2)22-14(18-12)10-5-3-4-6-11(10)16/h3-7H,1-2H3,(H,17,19,20). The molecule has 0 spiro atoms. The smallest absolute Gasteiger partial charge is 0.277 e. The van der Waals surface area contributed by atoms with Crippen molar-refractivity contribution in [3.63, 3.8) is 0 Å². The van der Waals surface area contributed by atoms with Crippen molar-refractivity contribution in [2.75, 3.05) is 5.32 Å². The van der Waals surface area contributed by atoms with Gasteiger partial charge in [0.15, 0.2) is 5.13 Å². The fourth-order valence-corrected chi connectivity index (χ4v) is 3.52. The molecule has 0 aliphatic carbocycles. The summed E-state index contributed by atoms with van der Waals surface area (Å²) in [6.45, 7) is 3.71. The molecule has 1 aromatic carbocycles. The highest BCUT2D eigenvalue weighted by molar-refractivity contribution is 7.16. The van der Waals surface area contributed by atoms with E-state index in [1.165, 1.54) is 28.7 Å². The van der Waals surface area contributed by atoms with Crippen LogP contribution in [0.5, 0.6) is 0 Å². The maximum atomic E-state index is 13.8. The normalized spacial score (nSPS) is 10.7. The van der Waals surface area contributed by atoms with Crippen molar-refractivity contribution < 1.29 is 9.18 Å². The van der Waals surface area contributed by atoms with Crippen molar-refractivity contribution >= 4 is 33.7 Å². The highest BCUT2D eigenvalue weighted by Gasteiger charge is 2.18. The van der Waals surface area contributed by atoms with Crippen LogP contribution in [-0.2, 0) is 0 Å². The van der Waals surface area contributed by atoms with E-state index in [4.69, 9.17) is 0 Å². The van der Waals surface area contributed by atoms with Gasteiger partial charge in [-0.25, -0.2) is 14.4 Å². The van der Waals surface area contributed by atoms with Crippen LogP contribution in [0.1, 0.15) is 20.2 Å².